The highest BCUT2D eigenvalue weighted by atomic mass is 19.1. The van der Waals surface area contributed by atoms with Crippen LogP contribution < -0.4 is 5.32 Å². The van der Waals surface area contributed by atoms with E-state index >= 15 is 0 Å². The van der Waals surface area contributed by atoms with Crippen molar-refractivity contribution < 1.29 is 9.18 Å². The van der Waals surface area contributed by atoms with Crippen LogP contribution in [0.3, 0.4) is 0 Å². The zero-order chi connectivity index (χ0) is 24.7. The van der Waals surface area contributed by atoms with E-state index in [4.69, 9.17) is 0 Å². The van der Waals surface area contributed by atoms with Gasteiger partial charge in [-0.3, -0.25) is 19.4 Å². The van der Waals surface area contributed by atoms with Crippen molar-refractivity contribution in [1.82, 2.24) is 25.0 Å². The van der Waals surface area contributed by atoms with Crippen LogP contribution in [0.2, 0.25) is 0 Å². The van der Waals surface area contributed by atoms with Gasteiger partial charge in [-0.25, -0.2) is 4.39 Å². The molecule has 0 bridgehead atoms. The quantitative estimate of drug-likeness (QED) is 0.394. The van der Waals surface area contributed by atoms with Gasteiger partial charge in [-0.2, -0.15) is 5.10 Å². The molecule has 0 aliphatic carbocycles. The van der Waals surface area contributed by atoms with Gasteiger partial charge in [0.2, 0.25) is 0 Å². The summed E-state index contributed by atoms with van der Waals surface area (Å²) in [4.78, 5) is 19.5. The number of pyridine rings is 1. The van der Waals surface area contributed by atoms with Gasteiger partial charge in [-0.15, -0.1) is 0 Å². The number of likely N-dealkylation sites (tertiary alicyclic amines) is 1. The SMILES string of the molecule is O=C(NC1CCN(Cc2ccnn2CCc2ccccc2)CC1)c1ccc(-c2cccc(F)c2)nc1. The molecule has 0 saturated carbocycles. The fourth-order valence-corrected chi connectivity index (χ4v) is 4.66. The van der Waals surface area contributed by atoms with Gasteiger partial charge in [-0.1, -0.05) is 42.5 Å². The number of hydrogen-bond acceptors (Lipinski definition) is 4. The number of nitrogens with zero attached hydrogens (tertiary/aromatic N) is 4. The predicted octanol–water partition coefficient (Wildman–Crippen LogP) is 4.72. The monoisotopic (exact) mass is 483 g/mol. The summed E-state index contributed by atoms with van der Waals surface area (Å²) in [5.41, 5.74) is 4.38. The highest BCUT2D eigenvalue weighted by Gasteiger charge is 2.22. The smallest absolute Gasteiger partial charge is 0.253 e. The molecule has 2 aromatic heterocycles. The number of amides is 1. The first kappa shape index (κ1) is 23.9. The van der Waals surface area contributed by atoms with Crippen molar-refractivity contribution in [3.05, 3.63) is 108 Å². The Kier molecular flexibility index (Phi) is 7.47. The van der Waals surface area contributed by atoms with Crippen LogP contribution in [0.5, 0.6) is 0 Å². The lowest BCUT2D eigenvalue weighted by Crippen LogP contribution is -2.44. The summed E-state index contributed by atoms with van der Waals surface area (Å²) in [5.74, 6) is -0.426. The summed E-state index contributed by atoms with van der Waals surface area (Å²) in [6, 6.07) is 22.5. The zero-order valence-electron chi connectivity index (χ0n) is 20.2. The number of nitrogens with one attached hydrogen (secondary N) is 1. The Labute approximate surface area is 210 Å². The van der Waals surface area contributed by atoms with Crippen LogP contribution in [-0.4, -0.2) is 44.7 Å². The number of aryl methyl sites for hydroxylation is 2. The minimum Gasteiger partial charge on any atom is -0.349 e. The molecule has 1 aliphatic heterocycles. The molecule has 0 atom stereocenters. The third-order valence-electron chi connectivity index (χ3n) is 6.71. The molecule has 0 radical (unpaired) electrons. The van der Waals surface area contributed by atoms with E-state index in [0.29, 0.717) is 16.8 Å². The number of carbonyl (C=O) groups excluding carboxylic acids is 1. The van der Waals surface area contributed by atoms with Gasteiger partial charge >= 0.3 is 0 Å². The average molecular weight is 484 g/mol. The second kappa shape index (κ2) is 11.3. The predicted molar refractivity (Wildman–Crippen MR) is 138 cm³/mol. The van der Waals surface area contributed by atoms with E-state index in [1.165, 1.54) is 23.4 Å². The Bertz CT molecular complexity index is 1280. The van der Waals surface area contributed by atoms with Crippen LogP contribution in [0.15, 0.2) is 85.2 Å². The number of rotatable bonds is 8. The van der Waals surface area contributed by atoms with Crippen molar-refractivity contribution in [3.63, 3.8) is 0 Å². The van der Waals surface area contributed by atoms with Gasteiger partial charge in [0.15, 0.2) is 0 Å². The molecule has 2 aromatic carbocycles. The molecule has 3 heterocycles. The van der Waals surface area contributed by atoms with E-state index < -0.39 is 0 Å². The summed E-state index contributed by atoms with van der Waals surface area (Å²) in [6.07, 6.45) is 6.20. The van der Waals surface area contributed by atoms with Crippen molar-refractivity contribution >= 4 is 5.91 Å². The van der Waals surface area contributed by atoms with Crippen molar-refractivity contribution in [2.24, 2.45) is 0 Å². The van der Waals surface area contributed by atoms with Crippen LogP contribution in [0.25, 0.3) is 11.3 Å². The largest absolute Gasteiger partial charge is 0.349 e. The van der Waals surface area contributed by atoms with Crippen molar-refractivity contribution in [1.29, 1.82) is 0 Å². The molecule has 5 rings (SSSR count). The average Bonchev–Trinajstić information content (AvgIpc) is 3.36. The molecule has 0 unspecified atom stereocenters. The van der Waals surface area contributed by atoms with Crippen molar-refractivity contribution in [2.45, 2.75) is 38.4 Å². The molecule has 36 heavy (non-hydrogen) atoms. The lowest BCUT2D eigenvalue weighted by molar-refractivity contribution is 0.0907. The molecule has 1 saturated heterocycles. The first-order valence-corrected chi connectivity index (χ1v) is 12.4. The van der Waals surface area contributed by atoms with E-state index in [1.54, 1.807) is 30.5 Å². The van der Waals surface area contributed by atoms with Gasteiger partial charge in [0.05, 0.1) is 17.0 Å². The molecular formula is C29H30FN5O. The molecular weight excluding hydrogens is 453 g/mol. The van der Waals surface area contributed by atoms with Gasteiger partial charge < -0.3 is 5.32 Å². The number of halogens is 1. The van der Waals surface area contributed by atoms with Crippen molar-refractivity contribution in [3.8, 4) is 11.3 Å². The Morgan fingerprint density at radius 2 is 1.83 bits per heavy atom. The second-order valence-corrected chi connectivity index (χ2v) is 9.25. The van der Waals surface area contributed by atoms with Crippen LogP contribution in [-0.2, 0) is 19.5 Å². The summed E-state index contributed by atoms with van der Waals surface area (Å²) in [7, 11) is 0. The van der Waals surface area contributed by atoms with Gasteiger partial charge in [0.1, 0.15) is 5.82 Å². The van der Waals surface area contributed by atoms with E-state index in [-0.39, 0.29) is 17.8 Å². The fraction of sp³-hybridized carbons (Fsp3) is 0.276. The Morgan fingerprint density at radius 1 is 1.00 bits per heavy atom. The highest BCUT2D eigenvalue weighted by Crippen LogP contribution is 2.19. The van der Waals surface area contributed by atoms with E-state index in [1.807, 2.05) is 12.3 Å². The van der Waals surface area contributed by atoms with Crippen molar-refractivity contribution in [2.75, 3.05) is 13.1 Å². The normalized spacial score (nSPS) is 14.6. The van der Waals surface area contributed by atoms with Gasteiger partial charge in [0.25, 0.3) is 5.91 Å². The molecule has 6 nitrogen and oxygen atoms in total. The maximum Gasteiger partial charge on any atom is 0.253 e. The number of piperidine rings is 1. The van der Waals surface area contributed by atoms with Crippen LogP contribution in [0.1, 0.15) is 34.5 Å². The first-order chi connectivity index (χ1) is 17.6. The van der Waals surface area contributed by atoms with Gasteiger partial charge in [-0.05, 0) is 55.2 Å². The van der Waals surface area contributed by atoms with Crippen LogP contribution in [0, 0.1) is 5.82 Å². The Hall–Kier alpha value is -3.84. The third-order valence-corrected chi connectivity index (χ3v) is 6.71. The maximum atomic E-state index is 13.5. The number of carbonyl (C=O) groups is 1. The molecule has 1 N–H and O–H groups in total. The Morgan fingerprint density at radius 3 is 2.58 bits per heavy atom. The molecule has 0 spiro atoms. The van der Waals surface area contributed by atoms with Crippen LogP contribution in [0.4, 0.5) is 4.39 Å². The summed E-state index contributed by atoms with van der Waals surface area (Å²) >= 11 is 0. The first-order valence-electron chi connectivity index (χ1n) is 12.4. The lowest BCUT2D eigenvalue weighted by Gasteiger charge is -2.32. The van der Waals surface area contributed by atoms with Gasteiger partial charge in [0, 0.05) is 50.2 Å². The minimum absolute atomic E-state index is 0.120. The highest BCUT2D eigenvalue weighted by molar-refractivity contribution is 5.94. The number of aromatic nitrogens is 3. The molecule has 1 fully saturated rings. The summed E-state index contributed by atoms with van der Waals surface area (Å²) < 4.78 is 15.6. The van der Waals surface area contributed by atoms with E-state index in [9.17, 15) is 9.18 Å². The molecule has 7 heteroatoms. The van der Waals surface area contributed by atoms with Crippen LogP contribution >= 0.6 is 0 Å². The molecule has 184 valence electrons. The topological polar surface area (TPSA) is 63.1 Å². The number of hydrogen-bond donors (Lipinski definition) is 1. The Balaban J connectivity index is 1.09. The third kappa shape index (κ3) is 6.04. The molecule has 1 amide bonds. The van der Waals surface area contributed by atoms with E-state index in [2.05, 4.69) is 55.3 Å². The molecule has 4 aromatic rings. The lowest BCUT2D eigenvalue weighted by atomic mass is 10.0. The fourth-order valence-electron chi connectivity index (χ4n) is 4.66. The summed E-state index contributed by atoms with van der Waals surface area (Å²) in [5, 5.41) is 7.67. The second-order valence-electron chi connectivity index (χ2n) is 9.25. The maximum absolute atomic E-state index is 13.5. The summed E-state index contributed by atoms with van der Waals surface area (Å²) in [6.45, 7) is 3.57. The number of benzene rings is 2. The molecule has 1 aliphatic rings. The zero-order valence-corrected chi connectivity index (χ0v) is 20.2. The minimum atomic E-state index is -0.306. The van der Waals surface area contributed by atoms with E-state index in [0.717, 1.165) is 45.4 Å². The standard InChI is InChI=1S/C29H30FN5O/c30-25-8-4-7-23(19-25)28-10-9-24(20-31-28)29(36)33-26-13-16-34(17-14-26)21-27-11-15-32-35(27)18-12-22-5-2-1-3-6-22/h1-11,15,19-20,26H,12-14,16-18,21H2,(H,33,36).